The molecule has 0 saturated carbocycles. The zero-order valence-electron chi connectivity index (χ0n) is 13.3. The van der Waals surface area contributed by atoms with Gasteiger partial charge >= 0.3 is 0 Å². The molecule has 2 amide bonds. The molecule has 1 aromatic rings. The van der Waals surface area contributed by atoms with E-state index < -0.39 is 29.3 Å². The normalized spacial score (nSPS) is 14.1. The van der Waals surface area contributed by atoms with Crippen molar-refractivity contribution >= 4 is 11.8 Å². The number of halogens is 1. The first-order valence-corrected chi connectivity index (χ1v) is 7.12. The van der Waals surface area contributed by atoms with Crippen LogP contribution in [0.1, 0.15) is 39.4 Å². The molecule has 1 aromatic carbocycles. The van der Waals surface area contributed by atoms with Gasteiger partial charge in [-0.1, -0.05) is 32.9 Å². The van der Waals surface area contributed by atoms with E-state index in [1.165, 1.54) is 24.3 Å². The summed E-state index contributed by atoms with van der Waals surface area (Å²) >= 11 is 0. The van der Waals surface area contributed by atoms with E-state index in [4.69, 9.17) is 0 Å². The van der Waals surface area contributed by atoms with Crippen LogP contribution in [0.3, 0.4) is 0 Å². The fourth-order valence-corrected chi connectivity index (χ4v) is 1.76. The molecule has 122 valence electrons. The van der Waals surface area contributed by atoms with Gasteiger partial charge in [0, 0.05) is 5.41 Å². The summed E-state index contributed by atoms with van der Waals surface area (Å²) in [5.41, 5.74) is -0.0626. The smallest absolute Gasteiger partial charge is 0.239 e. The standard InChI is InChI=1S/C16H23FN2O3/c1-10(14(21)11-5-7-12(17)8-6-11)19-13(20)9-18-15(22)16(2,3)4/h5-8,10,14,21H,9H2,1-4H3,(H,18,22)(H,19,20)/t10-,14+/m1/s1. The second-order valence-corrected chi connectivity index (χ2v) is 6.29. The average Bonchev–Trinajstić information content (AvgIpc) is 2.43. The van der Waals surface area contributed by atoms with Crippen molar-refractivity contribution in [1.82, 2.24) is 10.6 Å². The second-order valence-electron chi connectivity index (χ2n) is 6.29. The summed E-state index contributed by atoms with van der Waals surface area (Å²) < 4.78 is 12.8. The lowest BCUT2D eigenvalue weighted by Crippen LogP contribution is -2.45. The van der Waals surface area contributed by atoms with Gasteiger partial charge in [0.2, 0.25) is 11.8 Å². The Morgan fingerprint density at radius 1 is 1.23 bits per heavy atom. The Labute approximate surface area is 129 Å². The Morgan fingerprint density at radius 2 is 1.77 bits per heavy atom. The Hall–Kier alpha value is -1.95. The van der Waals surface area contributed by atoms with Gasteiger partial charge in [-0.2, -0.15) is 0 Å². The molecule has 0 saturated heterocycles. The lowest BCUT2D eigenvalue weighted by atomic mass is 9.96. The molecule has 0 aliphatic rings. The summed E-state index contributed by atoms with van der Waals surface area (Å²) in [6.07, 6.45) is -0.956. The quantitative estimate of drug-likeness (QED) is 0.771. The van der Waals surface area contributed by atoms with E-state index in [0.29, 0.717) is 5.56 Å². The number of rotatable bonds is 5. The van der Waals surface area contributed by atoms with Gasteiger partial charge in [-0.05, 0) is 24.6 Å². The van der Waals surface area contributed by atoms with E-state index in [9.17, 15) is 19.1 Å². The van der Waals surface area contributed by atoms with Gasteiger partial charge in [0.1, 0.15) is 5.82 Å². The Bertz CT molecular complexity index is 523. The van der Waals surface area contributed by atoms with E-state index >= 15 is 0 Å². The third-order valence-electron chi connectivity index (χ3n) is 3.16. The number of nitrogens with one attached hydrogen (secondary N) is 2. The zero-order valence-corrected chi connectivity index (χ0v) is 13.3. The van der Waals surface area contributed by atoms with E-state index in [1.54, 1.807) is 27.7 Å². The van der Waals surface area contributed by atoms with E-state index in [1.807, 2.05) is 0 Å². The Kier molecular flexibility index (Phi) is 6.05. The molecule has 22 heavy (non-hydrogen) atoms. The molecule has 3 N–H and O–H groups in total. The summed E-state index contributed by atoms with van der Waals surface area (Å²) in [5.74, 6) is -1.02. The zero-order chi connectivity index (χ0) is 16.9. The molecule has 0 spiro atoms. The molecule has 5 nitrogen and oxygen atoms in total. The molecule has 0 bridgehead atoms. The highest BCUT2D eigenvalue weighted by atomic mass is 19.1. The summed E-state index contributed by atoms with van der Waals surface area (Å²) in [5, 5.41) is 15.2. The maximum Gasteiger partial charge on any atom is 0.239 e. The third kappa shape index (κ3) is 5.44. The number of aliphatic hydroxyl groups excluding tert-OH is 1. The Morgan fingerprint density at radius 3 is 2.27 bits per heavy atom. The minimum Gasteiger partial charge on any atom is -0.386 e. The van der Waals surface area contributed by atoms with Crippen LogP contribution in [0.4, 0.5) is 4.39 Å². The van der Waals surface area contributed by atoms with Crippen molar-refractivity contribution in [2.45, 2.75) is 39.8 Å². The first-order valence-electron chi connectivity index (χ1n) is 7.12. The minimum absolute atomic E-state index is 0.156. The van der Waals surface area contributed by atoms with E-state index in [0.717, 1.165) is 0 Å². The van der Waals surface area contributed by atoms with Crippen molar-refractivity contribution in [2.24, 2.45) is 5.41 Å². The highest BCUT2D eigenvalue weighted by Gasteiger charge is 2.23. The van der Waals surface area contributed by atoms with E-state index in [-0.39, 0.29) is 12.5 Å². The monoisotopic (exact) mass is 310 g/mol. The SMILES string of the molecule is C[C@@H](NC(=O)CNC(=O)C(C)(C)C)[C@H](O)c1ccc(F)cc1. The van der Waals surface area contributed by atoms with Crippen LogP contribution in [0.5, 0.6) is 0 Å². The fraction of sp³-hybridized carbons (Fsp3) is 0.500. The van der Waals surface area contributed by atoms with Crippen molar-refractivity contribution < 1.29 is 19.1 Å². The van der Waals surface area contributed by atoms with Crippen LogP contribution in [0.2, 0.25) is 0 Å². The van der Waals surface area contributed by atoms with Gasteiger partial charge < -0.3 is 15.7 Å². The fourth-order valence-electron chi connectivity index (χ4n) is 1.76. The van der Waals surface area contributed by atoms with Crippen molar-refractivity contribution in [2.75, 3.05) is 6.54 Å². The first kappa shape index (κ1) is 18.1. The van der Waals surface area contributed by atoms with Crippen LogP contribution in [0.15, 0.2) is 24.3 Å². The topological polar surface area (TPSA) is 78.4 Å². The summed E-state index contributed by atoms with van der Waals surface area (Å²) in [4.78, 5) is 23.4. The number of benzene rings is 1. The molecule has 0 radical (unpaired) electrons. The molecular formula is C16H23FN2O3. The molecular weight excluding hydrogens is 287 g/mol. The number of hydrogen-bond donors (Lipinski definition) is 3. The second kappa shape index (κ2) is 7.35. The molecule has 0 aliphatic heterocycles. The van der Waals surface area contributed by atoms with Crippen LogP contribution in [0, 0.1) is 11.2 Å². The minimum atomic E-state index is -0.956. The van der Waals surface area contributed by atoms with Crippen LogP contribution in [0.25, 0.3) is 0 Å². The molecule has 6 heteroatoms. The molecule has 1 rings (SSSR count). The van der Waals surface area contributed by atoms with Crippen molar-refractivity contribution in [3.63, 3.8) is 0 Å². The van der Waals surface area contributed by atoms with Gasteiger partial charge in [0.25, 0.3) is 0 Å². The largest absolute Gasteiger partial charge is 0.386 e. The first-order chi connectivity index (χ1) is 10.1. The maximum atomic E-state index is 12.8. The molecule has 0 aromatic heterocycles. The summed E-state index contributed by atoms with van der Waals surface area (Å²) in [6.45, 7) is 6.73. The molecule has 0 fully saturated rings. The molecule has 2 atom stereocenters. The predicted octanol–water partition coefficient (Wildman–Crippen LogP) is 1.53. The van der Waals surface area contributed by atoms with Gasteiger partial charge in [-0.25, -0.2) is 4.39 Å². The van der Waals surface area contributed by atoms with Crippen LogP contribution < -0.4 is 10.6 Å². The highest BCUT2D eigenvalue weighted by Crippen LogP contribution is 2.17. The lowest BCUT2D eigenvalue weighted by Gasteiger charge is -2.22. The van der Waals surface area contributed by atoms with Gasteiger partial charge in [0.15, 0.2) is 0 Å². The number of carbonyl (C=O) groups excluding carboxylic acids is 2. The molecule has 0 unspecified atom stereocenters. The number of hydrogen-bond acceptors (Lipinski definition) is 3. The van der Waals surface area contributed by atoms with Gasteiger partial charge in [-0.3, -0.25) is 9.59 Å². The van der Waals surface area contributed by atoms with Crippen LogP contribution in [-0.4, -0.2) is 29.5 Å². The van der Waals surface area contributed by atoms with E-state index in [2.05, 4.69) is 10.6 Å². The van der Waals surface area contributed by atoms with Crippen LogP contribution in [-0.2, 0) is 9.59 Å². The summed E-state index contributed by atoms with van der Waals surface area (Å²) in [7, 11) is 0. The lowest BCUT2D eigenvalue weighted by molar-refractivity contribution is -0.131. The summed E-state index contributed by atoms with van der Waals surface area (Å²) in [6, 6.07) is 4.85. The molecule has 0 heterocycles. The predicted molar refractivity (Wildman–Crippen MR) is 81.4 cm³/mol. The number of aliphatic hydroxyl groups is 1. The van der Waals surface area contributed by atoms with Crippen LogP contribution >= 0.6 is 0 Å². The third-order valence-corrected chi connectivity index (χ3v) is 3.16. The van der Waals surface area contributed by atoms with Crippen molar-refractivity contribution in [3.05, 3.63) is 35.6 Å². The Balaban J connectivity index is 2.50. The van der Waals surface area contributed by atoms with Crippen molar-refractivity contribution in [1.29, 1.82) is 0 Å². The highest BCUT2D eigenvalue weighted by molar-refractivity contribution is 5.87. The number of carbonyl (C=O) groups is 2. The number of amides is 2. The van der Waals surface area contributed by atoms with Gasteiger partial charge in [0.05, 0.1) is 18.7 Å². The average molecular weight is 310 g/mol. The van der Waals surface area contributed by atoms with Gasteiger partial charge in [-0.15, -0.1) is 0 Å². The van der Waals surface area contributed by atoms with Crippen molar-refractivity contribution in [3.8, 4) is 0 Å². The maximum absolute atomic E-state index is 12.8. The molecule has 0 aliphatic carbocycles.